The van der Waals surface area contributed by atoms with Gasteiger partial charge in [-0.3, -0.25) is 4.79 Å². The van der Waals surface area contributed by atoms with E-state index in [-0.39, 0.29) is 17.5 Å². The third-order valence-corrected chi connectivity index (χ3v) is 4.82. The number of carbonyl (C=O) groups excluding carboxylic acids is 1. The van der Waals surface area contributed by atoms with Gasteiger partial charge in [0, 0.05) is 44.0 Å². The van der Waals surface area contributed by atoms with Crippen LogP contribution in [0.1, 0.15) is 6.42 Å². The van der Waals surface area contributed by atoms with E-state index in [1.54, 1.807) is 18.2 Å². The van der Waals surface area contributed by atoms with Gasteiger partial charge in [0.1, 0.15) is 6.61 Å². The van der Waals surface area contributed by atoms with Crippen molar-refractivity contribution in [3.05, 3.63) is 54.3 Å². The Kier molecular flexibility index (Phi) is 7.84. The molecule has 0 radical (unpaired) electrons. The number of amides is 1. The number of carbonyl (C=O) groups is 1. The lowest BCUT2D eigenvalue weighted by molar-refractivity contribution is -0.116. The Hall–Kier alpha value is -2.64. The van der Waals surface area contributed by atoms with E-state index < -0.39 is 0 Å². The van der Waals surface area contributed by atoms with Crippen LogP contribution in [0.4, 0.5) is 15.8 Å². The third-order valence-electron chi connectivity index (χ3n) is 4.82. The van der Waals surface area contributed by atoms with Gasteiger partial charge in [0.2, 0.25) is 5.91 Å². The number of hydrogen-bond acceptors (Lipinski definition) is 5. The maximum atomic E-state index is 13.5. The zero-order valence-corrected chi connectivity index (χ0v) is 16.8. The number of nitrogens with one attached hydrogen (secondary N) is 1. The summed E-state index contributed by atoms with van der Waals surface area (Å²) >= 11 is 0. The first-order valence-corrected chi connectivity index (χ1v) is 9.90. The zero-order chi connectivity index (χ0) is 20.5. The van der Waals surface area contributed by atoms with Gasteiger partial charge in [0.15, 0.2) is 11.6 Å². The molecule has 1 amide bonds. The minimum atomic E-state index is -0.367. The van der Waals surface area contributed by atoms with Crippen molar-refractivity contribution < 1.29 is 18.7 Å². The van der Waals surface area contributed by atoms with Crippen molar-refractivity contribution in [3.63, 3.8) is 0 Å². The largest absolute Gasteiger partial charge is 0.489 e. The first-order chi connectivity index (χ1) is 14.1. The summed E-state index contributed by atoms with van der Waals surface area (Å²) in [5.41, 5.74) is 1.93. The molecule has 0 unspecified atom stereocenters. The van der Waals surface area contributed by atoms with Crippen molar-refractivity contribution in [1.29, 1.82) is 0 Å². The topological polar surface area (TPSA) is 54.0 Å². The Morgan fingerprint density at radius 1 is 1.14 bits per heavy atom. The second-order valence-electron chi connectivity index (χ2n) is 7.03. The van der Waals surface area contributed by atoms with Crippen LogP contribution < -0.4 is 15.0 Å². The highest BCUT2D eigenvalue weighted by Crippen LogP contribution is 2.19. The molecule has 0 bridgehead atoms. The summed E-state index contributed by atoms with van der Waals surface area (Å²) in [6.07, 6.45) is 0.376. The Labute approximate surface area is 171 Å². The highest BCUT2D eigenvalue weighted by atomic mass is 19.1. The molecule has 6 nitrogen and oxygen atoms in total. The molecule has 1 fully saturated rings. The van der Waals surface area contributed by atoms with Gasteiger partial charge in [0.25, 0.3) is 0 Å². The van der Waals surface area contributed by atoms with Gasteiger partial charge >= 0.3 is 0 Å². The summed E-state index contributed by atoms with van der Waals surface area (Å²) in [6, 6.07) is 14.2. The summed E-state index contributed by atoms with van der Waals surface area (Å²) in [7, 11) is 1.91. The van der Waals surface area contributed by atoms with Crippen molar-refractivity contribution in [3.8, 4) is 5.75 Å². The molecule has 1 heterocycles. The van der Waals surface area contributed by atoms with Crippen LogP contribution in [0.15, 0.2) is 48.5 Å². The minimum absolute atomic E-state index is 0.0361. The number of benzene rings is 2. The van der Waals surface area contributed by atoms with E-state index in [2.05, 4.69) is 10.2 Å². The molecule has 0 aromatic heterocycles. The van der Waals surface area contributed by atoms with Crippen molar-refractivity contribution in [1.82, 2.24) is 4.90 Å². The number of likely N-dealkylation sites (N-methyl/N-ethyl adjacent to an activating group) is 1. The predicted molar refractivity (Wildman–Crippen MR) is 112 cm³/mol. The smallest absolute Gasteiger partial charge is 0.225 e. The summed E-state index contributed by atoms with van der Waals surface area (Å²) in [5.74, 6) is -0.153. The number of para-hydroxylation sites is 1. The standard InChI is InChI=1S/C22H28FN3O3/c1-25(12-17-29-21-5-3-2-4-20(21)23)11-10-22(27)24-18-6-8-19(9-7-18)26-13-15-28-16-14-26/h2-9H,10-17H2,1H3,(H,24,27). The summed E-state index contributed by atoms with van der Waals surface area (Å²) < 4.78 is 24.3. The fraction of sp³-hybridized carbons (Fsp3) is 0.409. The van der Waals surface area contributed by atoms with E-state index in [0.717, 1.165) is 37.7 Å². The van der Waals surface area contributed by atoms with Crippen LogP contribution in [-0.4, -0.2) is 63.9 Å². The maximum absolute atomic E-state index is 13.5. The van der Waals surface area contributed by atoms with Crippen molar-refractivity contribution in [2.24, 2.45) is 0 Å². The average molecular weight is 401 g/mol. The fourth-order valence-electron chi connectivity index (χ4n) is 3.08. The van der Waals surface area contributed by atoms with E-state index >= 15 is 0 Å². The van der Waals surface area contributed by atoms with Crippen LogP contribution in [0.3, 0.4) is 0 Å². The molecular formula is C22H28FN3O3. The number of hydrogen-bond donors (Lipinski definition) is 1. The molecular weight excluding hydrogens is 373 g/mol. The number of ether oxygens (including phenoxy) is 2. The van der Waals surface area contributed by atoms with Crippen LogP contribution in [0, 0.1) is 5.82 Å². The van der Waals surface area contributed by atoms with Gasteiger partial charge < -0.3 is 24.6 Å². The molecule has 1 saturated heterocycles. The zero-order valence-electron chi connectivity index (χ0n) is 16.8. The SMILES string of the molecule is CN(CCOc1ccccc1F)CCC(=O)Nc1ccc(N2CCOCC2)cc1. The molecule has 0 atom stereocenters. The van der Waals surface area contributed by atoms with Crippen LogP contribution in [-0.2, 0) is 9.53 Å². The molecule has 0 aliphatic carbocycles. The van der Waals surface area contributed by atoms with E-state index in [9.17, 15) is 9.18 Å². The third kappa shape index (κ3) is 6.73. The van der Waals surface area contributed by atoms with Crippen LogP contribution in [0.2, 0.25) is 0 Å². The van der Waals surface area contributed by atoms with Gasteiger partial charge in [-0.25, -0.2) is 4.39 Å². The van der Waals surface area contributed by atoms with Gasteiger partial charge in [0.05, 0.1) is 13.2 Å². The summed E-state index contributed by atoms with van der Waals surface area (Å²) in [6.45, 7) is 4.84. The molecule has 29 heavy (non-hydrogen) atoms. The number of nitrogens with zero attached hydrogens (tertiary/aromatic N) is 2. The number of halogens is 1. The van der Waals surface area contributed by atoms with Gasteiger partial charge in [-0.2, -0.15) is 0 Å². The molecule has 3 rings (SSSR count). The molecule has 0 spiro atoms. The van der Waals surface area contributed by atoms with Gasteiger partial charge in [-0.15, -0.1) is 0 Å². The van der Waals surface area contributed by atoms with Crippen molar-refractivity contribution >= 4 is 17.3 Å². The average Bonchev–Trinajstić information content (AvgIpc) is 2.75. The Morgan fingerprint density at radius 2 is 1.86 bits per heavy atom. The monoisotopic (exact) mass is 401 g/mol. The maximum Gasteiger partial charge on any atom is 0.225 e. The van der Waals surface area contributed by atoms with Crippen molar-refractivity contribution in [2.45, 2.75) is 6.42 Å². The quantitative estimate of drug-likeness (QED) is 0.700. The lowest BCUT2D eigenvalue weighted by atomic mass is 10.2. The molecule has 156 valence electrons. The van der Waals surface area contributed by atoms with E-state index in [1.165, 1.54) is 6.07 Å². The van der Waals surface area contributed by atoms with E-state index in [1.807, 2.05) is 36.2 Å². The van der Waals surface area contributed by atoms with Crippen LogP contribution in [0.5, 0.6) is 5.75 Å². The minimum Gasteiger partial charge on any atom is -0.489 e. The predicted octanol–water partition coefficient (Wildman–Crippen LogP) is 3.00. The lowest BCUT2D eigenvalue weighted by Gasteiger charge is -2.28. The number of morpholine rings is 1. The molecule has 1 aliphatic heterocycles. The van der Waals surface area contributed by atoms with Gasteiger partial charge in [-0.05, 0) is 43.4 Å². The molecule has 2 aromatic carbocycles. The van der Waals surface area contributed by atoms with Crippen LogP contribution >= 0.6 is 0 Å². The normalized spacial score (nSPS) is 14.1. The van der Waals surface area contributed by atoms with Crippen LogP contribution in [0.25, 0.3) is 0 Å². The first kappa shape index (κ1) is 21.1. The molecule has 1 N–H and O–H groups in total. The molecule has 1 aliphatic rings. The summed E-state index contributed by atoms with van der Waals surface area (Å²) in [4.78, 5) is 16.5. The fourth-order valence-corrected chi connectivity index (χ4v) is 3.08. The lowest BCUT2D eigenvalue weighted by Crippen LogP contribution is -2.36. The Morgan fingerprint density at radius 3 is 2.59 bits per heavy atom. The first-order valence-electron chi connectivity index (χ1n) is 9.90. The highest BCUT2D eigenvalue weighted by Gasteiger charge is 2.11. The Bertz CT molecular complexity index is 779. The molecule has 2 aromatic rings. The molecule has 0 saturated carbocycles. The second kappa shape index (κ2) is 10.8. The van der Waals surface area contributed by atoms with Crippen molar-refractivity contribution in [2.75, 3.05) is 63.3 Å². The summed E-state index contributed by atoms with van der Waals surface area (Å²) in [5, 5.41) is 2.93. The molecule has 7 heteroatoms. The second-order valence-corrected chi connectivity index (χ2v) is 7.03. The van der Waals surface area contributed by atoms with E-state index in [4.69, 9.17) is 9.47 Å². The van der Waals surface area contributed by atoms with Gasteiger partial charge in [-0.1, -0.05) is 12.1 Å². The number of rotatable bonds is 9. The Balaban J connectivity index is 1.35. The highest BCUT2D eigenvalue weighted by molar-refractivity contribution is 5.91. The van der Waals surface area contributed by atoms with E-state index in [0.29, 0.717) is 26.1 Å². The number of anilines is 2.